The summed E-state index contributed by atoms with van der Waals surface area (Å²) in [7, 11) is 1.63. The fourth-order valence-electron chi connectivity index (χ4n) is 0.431. The molecule has 0 radical (unpaired) electrons. The van der Waals surface area contributed by atoms with Crippen LogP contribution in [0, 0.1) is 0 Å². The first kappa shape index (κ1) is 9.84. The standard InChI is InChI=1S/C6H15NO3/c1-6(10-7)5-9-4-3-8-2/h6H,3-5,7H2,1-2H3. The molecule has 0 saturated heterocycles. The van der Waals surface area contributed by atoms with E-state index in [0.717, 1.165) is 0 Å². The van der Waals surface area contributed by atoms with Crippen molar-refractivity contribution in [3.63, 3.8) is 0 Å². The van der Waals surface area contributed by atoms with Crippen molar-refractivity contribution in [3.05, 3.63) is 0 Å². The van der Waals surface area contributed by atoms with Gasteiger partial charge in [0.15, 0.2) is 0 Å². The molecule has 1 atom stereocenters. The lowest BCUT2D eigenvalue weighted by molar-refractivity contribution is -0.0195. The normalized spacial score (nSPS) is 13.5. The Labute approximate surface area is 61.2 Å². The van der Waals surface area contributed by atoms with Crippen LogP contribution in [0.3, 0.4) is 0 Å². The molecule has 0 heterocycles. The van der Waals surface area contributed by atoms with E-state index in [4.69, 9.17) is 15.4 Å². The van der Waals surface area contributed by atoms with Gasteiger partial charge < -0.3 is 9.47 Å². The molecule has 0 aromatic heterocycles. The van der Waals surface area contributed by atoms with Crippen LogP contribution in [-0.2, 0) is 14.3 Å². The van der Waals surface area contributed by atoms with E-state index in [0.29, 0.717) is 19.8 Å². The number of methoxy groups -OCH3 is 1. The van der Waals surface area contributed by atoms with E-state index < -0.39 is 0 Å². The average molecular weight is 149 g/mol. The van der Waals surface area contributed by atoms with Crippen molar-refractivity contribution in [2.24, 2.45) is 5.90 Å². The van der Waals surface area contributed by atoms with Crippen molar-refractivity contribution in [1.82, 2.24) is 0 Å². The Morgan fingerprint density at radius 2 is 2.10 bits per heavy atom. The molecule has 0 saturated carbocycles. The van der Waals surface area contributed by atoms with Gasteiger partial charge in [-0.3, -0.25) is 4.84 Å². The summed E-state index contributed by atoms with van der Waals surface area (Å²) in [6, 6.07) is 0. The summed E-state index contributed by atoms with van der Waals surface area (Å²) < 4.78 is 9.86. The van der Waals surface area contributed by atoms with Crippen LogP contribution < -0.4 is 5.90 Å². The third-order valence-electron chi connectivity index (χ3n) is 1.02. The summed E-state index contributed by atoms with van der Waals surface area (Å²) in [6.45, 7) is 3.55. The van der Waals surface area contributed by atoms with Crippen LogP contribution in [0.2, 0.25) is 0 Å². The largest absolute Gasteiger partial charge is 0.382 e. The van der Waals surface area contributed by atoms with Gasteiger partial charge in [0.25, 0.3) is 0 Å². The highest BCUT2D eigenvalue weighted by molar-refractivity contribution is 4.42. The summed E-state index contributed by atoms with van der Waals surface area (Å²) in [4.78, 5) is 4.46. The van der Waals surface area contributed by atoms with Crippen molar-refractivity contribution in [2.75, 3.05) is 26.9 Å². The lowest BCUT2D eigenvalue weighted by Crippen LogP contribution is -2.20. The van der Waals surface area contributed by atoms with E-state index in [-0.39, 0.29) is 6.10 Å². The minimum atomic E-state index is -0.0446. The molecule has 62 valence electrons. The maximum Gasteiger partial charge on any atom is 0.0992 e. The molecule has 0 amide bonds. The van der Waals surface area contributed by atoms with E-state index >= 15 is 0 Å². The smallest absolute Gasteiger partial charge is 0.0992 e. The molecule has 0 aromatic carbocycles. The molecule has 0 aliphatic rings. The van der Waals surface area contributed by atoms with Crippen LogP contribution in [0.4, 0.5) is 0 Å². The average Bonchev–Trinajstić information content (AvgIpc) is 1.98. The Bertz CT molecular complexity index is 70.0. The molecule has 0 aliphatic carbocycles. The van der Waals surface area contributed by atoms with Gasteiger partial charge >= 0.3 is 0 Å². The number of rotatable bonds is 6. The Kier molecular flexibility index (Phi) is 6.84. The maximum atomic E-state index is 5.10. The molecule has 0 spiro atoms. The molecule has 4 nitrogen and oxygen atoms in total. The first-order valence-electron chi connectivity index (χ1n) is 3.23. The third-order valence-corrected chi connectivity index (χ3v) is 1.02. The predicted octanol–water partition coefficient (Wildman–Crippen LogP) is -0.0718. The van der Waals surface area contributed by atoms with Crippen LogP contribution in [0.15, 0.2) is 0 Å². The molecule has 0 aliphatic heterocycles. The van der Waals surface area contributed by atoms with Gasteiger partial charge in [-0.2, -0.15) is 0 Å². The molecular formula is C6H15NO3. The quantitative estimate of drug-likeness (QED) is 0.424. The maximum absolute atomic E-state index is 5.10. The molecule has 0 bridgehead atoms. The van der Waals surface area contributed by atoms with Crippen LogP contribution >= 0.6 is 0 Å². The summed E-state index contributed by atoms with van der Waals surface area (Å²) in [5.41, 5.74) is 0. The van der Waals surface area contributed by atoms with Crippen LogP contribution in [-0.4, -0.2) is 33.0 Å². The zero-order valence-corrected chi connectivity index (χ0v) is 6.50. The van der Waals surface area contributed by atoms with Gasteiger partial charge in [-0.1, -0.05) is 0 Å². The number of ether oxygens (including phenoxy) is 2. The summed E-state index contributed by atoms with van der Waals surface area (Å²) in [5.74, 6) is 4.88. The topological polar surface area (TPSA) is 53.7 Å². The third kappa shape index (κ3) is 5.97. The molecule has 4 heteroatoms. The van der Waals surface area contributed by atoms with E-state index in [1.165, 1.54) is 0 Å². The van der Waals surface area contributed by atoms with E-state index in [9.17, 15) is 0 Å². The Hall–Kier alpha value is -0.160. The second kappa shape index (κ2) is 6.95. The van der Waals surface area contributed by atoms with Gasteiger partial charge in [0.05, 0.1) is 25.9 Å². The lowest BCUT2D eigenvalue weighted by Gasteiger charge is -2.08. The molecule has 1 unspecified atom stereocenters. The lowest BCUT2D eigenvalue weighted by atomic mass is 10.4. The van der Waals surface area contributed by atoms with Gasteiger partial charge in [0.2, 0.25) is 0 Å². The Balaban J connectivity index is 2.89. The molecule has 10 heavy (non-hydrogen) atoms. The second-order valence-corrected chi connectivity index (χ2v) is 2.01. The van der Waals surface area contributed by atoms with E-state index in [1.54, 1.807) is 7.11 Å². The minimum absolute atomic E-state index is 0.0446. The van der Waals surface area contributed by atoms with Gasteiger partial charge in [0.1, 0.15) is 0 Å². The van der Waals surface area contributed by atoms with Crippen molar-refractivity contribution in [3.8, 4) is 0 Å². The number of hydrogen-bond acceptors (Lipinski definition) is 4. The highest BCUT2D eigenvalue weighted by Crippen LogP contribution is 1.86. The highest BCUT2D eigenvalue weighted by atomic mass is 16.6. The van der Waals surface area contributed by atoms with Gasteiger partial charge in [-0.25, -0.2) is 5.90 Å². The fraction of sp³-hybridized carbons (Fsp3) is 1.00. The molecular weight excluding hydrogens is 134 g/mol. The van der Waals surface area contributed by atoms with Gasteiger partial charge in [-0.15, -0.1) is 0 Å². The zero-order chi connectivity index (χ0) is 7.82. The minimum Gasteiger partial charge on any atom is -0.382 e. The monoisotopic (exact) mass is 149 g/mol. The van der Waals surface area contributed by atoms with Crippen molar-refractivity contribution < 1.29 is 14.3 Å². The van der Waals surface area contributed by atoms with Crippen LogP contribution in [0.25, 0.3) is 0 Å². The number of hydrogen-bond donors (Lipinski definition) is 1. The Morgan fingerprint density at radius 3 is 2.60 bits per heavy atom. The second-order valence-electron chi connectivity index (χ2n) is 2.01. The number of nitrogens with two attached hydrogens (primary N) is 1. The predicted molar refractivity (Wildman–Crippen MR) is 37.4 cm³/mol. The van der Waals surface area contributed by atoms with Crippen LogP contribution in [0.5, 0.6) is 0 Å². The van der Waals surface area contributed by atoms with E-state index in [1.807, 2.05) is 6.92 Å². The first-order chi connectivity index (χ1) is 4.81. The van der Waals surface area contributed by atoms with Gasteiger partial charge in [-0.05, 0) is 6.92 Å². The zero-order valence-electron chi connectivity index (χ0n) is 6.50. The highest BCUT2D eigenvalue weighted by Gasteiger charge is 1.97. The summed E-state index contributed by atoms with van der Waals surface area (Å²) in [6.07, 6.45) is -0.0446. The van der Waals surface area contributed by atoms with Crippen molar-refractivity contribution in [1.29, 1.82) is 0 Å². The van der Waals surface area contributed by atoms with Gasteiger partial charge in [0, 0.05) is 7.11 Å². The fourth-order valence-corrected chi connectivity index (χ4v) is 0.431. The molecule has 0 rings (SSSR count). The van der Waals surface area contributed by atoms with E-state index in [2.05, 4.69) is 4.84 Å². The SMILES string of the molecule is COCCOCC(C)ON. The van der Waals surface area contributed by atoms with Crippen molar-refractivity contribution in [2.45, 2.75) is 13.0 Å². The first-order valence-corrected chi connectivity index (χ1v) is 3.23. The molecule has 0 fully saturated rings. The Morgan fingerprint density at radius 1 is 1.40 bits per heavy atom. The van der Waals surface area contributed by atoms with Crippen molar-refractivity contribution >= 4 is 0 Å². The summed E-state index contributed by atoms with van der Waals surface area (Å²) >= 11 is 0. The summed E-state index contributed by atoms with van der Waals surface area (Å²) in [5, 5.41) is 0. The van der Waals surface area contributed by atoms with Crippen LogP contribution in [0.1, 0.15) is 6.92 Å². The molecule has 2 N–H and O–H groups in total. The molecule has 0 aromatic rings.